The number of sulfonamides is 1. The lowest BCUT2D eigenvalue weighted by atomic mass is 10.0. The number of amides is 2. The van der Waals surface area contributed by atoms with Gasteiger partial charge in [-0.1, -0.05) is 45.4 Å². The molecule has 3 rings (SSSR count). The van der Waals surface area contributed by atoms with Gasteiger partial charge in [0, 0.05) is 30.2 Å². The normalized spacial score (nSPS) is 12.4. The van der Waals surface area contributed by atoms with Crippen LogP contribution >= 0.6 is 0 Å². The number of pyridine rings is 1. The Morgan fingerprint density at radius 1 is 1.00 bits per heavy atom. The lowest BCUT2D eigenvalue weighted by molar-refractivity contribution is -0.134. The Kier molecular flexibility index (Phi) is 9.51. The summed E-state index contributed by atoms with van der Waals surface area (Å²) in [5.41, 5.74) is 4.24. The van der Waals surface area contributed by atoms with Crippen molar-refractivity contribution >= 4 is 27.5 Å². The third-order valence-electron chi connectivity index (χ3n) is 5.86. The van der Waals surface area contributed by atoms with E-state index < -0.39 is 27.9 Å². The Balaban J connectivity index is 1.86. The van der Waals surface area contributed by atoms with Gasteiger partial charge in [0.25, 0.3) is 11.8 Å². The van der Waals surface area contributed by atoms with Crippen LogP contribution in [0.2, 0.25) is 0 Å². The predicted octanol–water partition coefficient (Wildman–Crippen LogP) is 4.01. The minimum atomic E-state index is -4.19. The van der Waals surface area contributed by atoms with E-state index in [1.54, 1.807) is 49.8 Å². The number of nitrogens with one attached hydrogen (secondary N) is 2. The molecular formula is C27H32N4O5S. The van der Waals surface area contributed by atoms with Gasteiger partial charge in [0.05, 0.1) is 4.90 Å². The third-order valence-corrected chi connectivity index (χ3v) is 7.70. The predicted molar refractivity (Wildman–Crippen MR) is 140 cm³/mol. The van der Waals surface area contributed by atoms with Crippen molar-refractivity contribution in [2.75, 3.05) is 5.32 Å². The van der Waals surface area contributed by atoms with Gasteiger partial charge in [-0.3, -0.25) is 19.8 Å². The number of aromatic nitrogens is 1. The van der Waals surface area contributed by atoms with E-state index in [9.17, 15) is 23.2 Å². The molecule has 0 saturated heterocycles. The fourth-order valence-electron chi connectivity index (χ4n) is 4.00. The highest BCUT2D eigenvalue weighted by Crippen LogP contribution is 2.26. The highest BCUT2D eigenvalue weighted by atomic mass is 32.2. The standard InChI is InChI=1S/C27H32N4O5S/c1-4-6-20-8-10-22(11-9-20)26(32)29-23-12-14-24(15-13-23)37(35,36)31(18-21-7-5-16-28-17-21)25(19(2)3)27(33)30-34/h5,7-17,19,25,34H,4,6,18H2,1-3H3,(H,29,32)(H,30,33). The molecule has 2 aromatic carbocycles. The van der Waals surface area contributed by atoms with E-state index in [4.69, 9.17) is 0 Å². The molecule has 1 heterocycles. The first-order valence-electron chi connectivity index (χ1n) is 12.0. The van der Waals surface area contributed by atoms with Crippen molar-refractivity contribution in [1.82, 2.24) is 14.8 Å². The summed E-state index contributed by atoms with van der Waals surface area (Å²) in [5, 5.41) is 12.1. The summed E-state index contributed by atoms with van der Waals surface area (Å²) in [6, 6.07) is 15.3. The summed E-state index contributed by atoms with van der Waals surface area (Å²) >= 11 is 0. The van der Waals surface area contributed by atoms with Crippen LogP contribution in [0, 0.1) is 5.92 Å². The first-order chi connectivity index (χ1) is 17.7. The van der Waals surface area contributed by atoms with E-state index in [0.29, 0.717) is 16.8 Å². The quantitative estimate of drug-likeness (QED) is 0.257. The van der Waals surface area contributed by atoms with Gasteiger partial charge in [-0.15, -0.1) is 0 Å². The first-order valence-corrected chi connectivity index (χ1v) is 13.5. The molecule has 0 radical (unpaired) electrons. The van der Waals surface area contributed by atoms with Crippen molar-refractivity contribution in [3.8, 4) is 0 Å². The maximum atomic E-state index is 13.7. The molecular weight excluding hydrogens is 492 g/mol. The second-order valence-corrected chi connectivity index (χ2v) is 10.9. The van der Waals surface area contributed by atoms with Crippen LogP contribution in [0.3, 0.4) is 0 Å². The number of hydroxylamine groups is 1. The van der Waals surface area contributed by atoms with Gasteiger partial charge in [-0.2, -0.15) is 4.31 Å². The monoisotopic (exact) mass is 524 g/mol. The highest BCUT2D eigenvalue weighted by Gasteiger charge is 2.38. The Morgan fingerprint density at radius 3 is 2.22 bits per heavy atom. The van der Waals surface area contributed by atoms with Crippen molar-refractivity contribution in [3.05, 3.63) is 89.7 Å². The maximum absolute atomic E-state index is 13.7. The van der Waals surface area contributed by atoms with Gasteiger partial charge in [-0.05, 0) is 65.9 Å². The van der Waals surface area contributed by atoms with Crippen molar-refractivity contribution in [3.63, 3.8) is 0 Å². The van der Waals surface area contributed by atoms with Crippen molar-refractivity contribution in [2.45, 2.75) is 51.1 Å². The summed E-state index contributed by atoms with van der Waals surface area (Å²) < 4.78 is 28.4. The van der Waals surface area contributed by atoms with Gasteiger partial charge in [-0.25, -0.2) is 13.9 Å². The van der Waals surface area contributed by atoms with Gasteiger partial charge in [0.2, 0.25) is 10.0 Å². The number of benzene rings is 2. The molecule has 0 aliphatic carbocycles. The van der Waals surface area contributed by atoms with E-state index in [2.05, 4.69) is 17.2 Å². The Morgan fingerprint density at radius 2 is 1.68 bits per heavy atom. The van der Waals surface area contributed by atoms with Crippen molar-refractivity contribution in [1.29, 1.82) is 0 Å². The summed E-state index contributed by atoms with van der Waals surface area (Å²) in [7, 11) is -4.19. The Bertz CT molecular complexity index is 1290. The number of anilines is 1. The molecule has 2 amide bonds. The zero-order valence-corrected chi connectivity index (χ0v) is 21.9. The molecule has 0 aliphatic rings. The van der Waals surface area contributed by atoms with Crippen LogP contribution in [0.1, 0.15) is 48.7 Å². The van der Waals surface area contributed by atoms with Gasteiger partial charge in [0.15, 0.2) is 0 Å². The van der Waals surface area contributed by atoms with E-state index in [0.717, 1.165) is 22.7 Å². The second-order valence-electron chi connectivity index (χ2n) is 9.00. The number of carbonyl (C=O) groups excluding carboxylic acids is 2. The molecule has 3 N–H and O–H groups in total. The minimum Gasteiger partial charge on any atom is -0.322 e. The largest absolute Gasteiger partial charge is 0.322 e. The van der Waals surface area contributed by atoms with Gasteiger partial charge in [0.1, 0.15) is 6.04 Å². The van der Waals surface area contributed by atoms with Gasteiger partial charge >= 0.3 is 0 Å². The molecule has 0 aliphatic heterocycles. The van der Waals surface area contributed by atoms with E-state index in [1.807, 2.05) is 12.1 Å². The van der Waals surface area contributed by atoms with Crippen LogP contribution < -0.4 is 10.8 Å². The lowest BCUT2D eigenvalue weighted by Crippen LogP contribution is -2.51. The summed E-state index contributed by atoms with van der Waals surface area (Å²) in [4.78, 5) is 29.1. The average Bonchev–Trinajstić information content (AvgIpc) is 2.89. The van der Waals surface area contributed by atoms with Crippen molar-refractivity contribution in [2.24, 2.45) is 5.92 Å². The molecule has 1 aromatic heterocycles. The molecule has 0 fully saturated rings. The minimum absolute atomic E-state index is 0.0605. The summed E-state index contributed by atoms with van der Waals surface area (Å²) in [6.07, 6.45) is 5.04. The SMILES string of the molecule is CCCc1ccc(C(=O)Nc2ccc(S(=O)(=O)N(Cc3cccnc3)C(C(=O)NO)C(C)C)cc2)cc1. The molecule has 0 spiro atoms. The fraction of sp³-hybridized carbons (Fsp3) is 0.296. The number of rotatable bonds is 11. The lowest BCUT2D eigenvalue weighted by Gasteiger charge is -2.32. The number of nitrogens with zero attached hydrogens (tertiary/aromatic N) is 2. The van der Waals surface area contributed by atoms with E-state index in [1.165, 1.54) is 30.5 Å². The van der Waals surface area contributed by atoms with Crippen LogP contribution in [0.25, 0.3) is 0 Å². The fourth-order valence-corrected chi connectivity index (χ4v) is 5.71. The zero-order chi connectivity index (χ0) is 27.0. The number of aryl methyl sites for hydroxylation is 1. The number of hydrogen-bond donors (Lipinski definition) is 3. The molecule has 0 saturated carbocycles. The summed E-state index contributed by atoms with van der Waals surface area (Å²) in [6.45, 7) is 5.35. The van der Waals surface area contributed by atoms with Crippen LogP contribution in [0.15, 0.2) is 78.0 Å². The second kappa shape index (κ2) is 12.6. The molecule has 0 bridgehead atoms. The van der Waals surface area contributed by atoms with E-state index >= 15 is 0 Å². The maximum Gasteiger partial charge on any atom is 0.262 e. The molecule has 9 nitrogen and oxygen atoms in total. The Labute approximate surface area is 217 Å². The zero-order valence-electron chi connectivity index (χ0n) is 21.1. The van der Waals surface area contributed by atoms with Gasteiger partial charge < -0.3 is 5.32 Å². The summed E-state index contributed by atoms with van der Waals surface area (Å²) in [5.74, 6) is -1.59. The van der Waals surface area contributed by atoms with Crippen LogP contribution in [-0.2, 0) is 27.8 Å². The molecule has 196 valence electrons. The topological polar surface area (TPSA) is 129 Å². The van der Waals surface area contributed by atoms with Crippen LogP contribution in [0.5, 0.6) is 0 Å². The Hall–Kier alpha value is -3.60. The van der Waals surface area contributed by atoms with Crippen molar-refractivity contribution < 1.29 is 23.2 Å². The molecule has 1 unspecified atom stereocenters. The van der Waals surface area contributed by atoms with E-state index in [-0.39, 0.29) is 17.3 Å². The smallest absolute Gasteiger partial charge is 0.262 e. The first kappa shape index (κ1) is 28.0. The van der Waals surface area contributed by atoms with Crippen LogP contribution in [-0.4, -0.2) is 40.8 Å². The molecule has 37 heavy (non-hydrogen) atoms. The molecule has 1 atom stereocenters. The molecule has 10 heteroatoms. The number of carbonyl (C=O) groups is 2. The van der Waals surface area contributed by atoms with Crippen LogP contribution in [0.4, 0.5) is 5.69 Å². The highest BCUT2D eigenvalue weighted by molar-refractivity contribution is 7.89. The average molecular weight is 525 g/mol. The third kappa shape index (κ3) is 7.00. The molecule has 3 aromatic rings. The number of hydrogen-bond acceptors (Lipinski definition) is 6.